The Morgan fingerprint density at radius 2 is 1.17 bits per heavy atom. The van der Waals surface area contributed by atoms with Crippen LogP contribution >= 0.6 is 0 Å². The van der Waals surface area contributed by atoms with Crippen LogP contribution in [0.5, 0.6) is 0 Å². The molecule has 0 nitrogen and oxygen atoms in total. The van der Waals surface area contributed by atoms with Gasteiger partial charge in [-0.15, -0.1) is 12.1 Å². The van der Waals surface area contributed by atoms with E-state index in [1.54, 1.807) is 0 Å². The molecule has 0 N–H and O–H groups in total. The molecule has 0 aliphatic rings. The van der Waals surface area contributed by atoms with Gasteiger partial charge in [0, 0.05) is 5.56 Å². The minimum Gasteiger partial charge on any atom is -0.114 e. The molecule has 3 aromatic carbocycles. The van der Waals surface area contributed by atoms with Gasteiger partial charge in [0.05, 0.1) is 0 Å². The van der Waals surface area contributed by atoms with E-state index in [-0.39, 0.29) is 0 Å². The molecular weight excluding hydrogens is 304 g/mol. The van der Waals surface area contributed by atoms with Crippen molar-refractivity contribution in [1.29, 1.82) is 0 Å². The van der Waals surface area contributed by atoms with Crippen molar-refractivity contribution in [3.63, 3.8) is 0 Å². The first-order valence-corrected chi connectivity index (χ1v) is 10.4. The Hall–Kier alpha value is -2.82. The van der Waals surface area contributed by atoms with Crippen molar-refractivity contribution < 1.29 is 0 Å². The molecule has 0 radical (unpaired) electrons. The van der Waals surface area contributed by atoms with E-state index in [0.717, 1.165) is 11.6 Å². The second kappa shape index (κ2) is 7.63. The molecule has 0 aliphatic carbocycles. The van der Waals surface area contributed by atoms with Crippen molar-refractivity contribution in [2.75, 3.05) is 0 Å². The molecule has 0 atom stereocenters. The molecule has 3 rings (SSSR count). The predicted octanol–water partition coefficient (Wildman–Crippen LogP) is 4.03. The van der Waals surface area contributed by atoms with Crippen LogP contribution in [0.4, 0.5) is 0 Å². The van der Waals surface area contributed by atoms with E-state index in [9.17, 15) is 0 Å². The Morgan fingerprint density at radius 3 is 1.62 bits per heavy atom. The lowest BCUT2D eigenvalue weighted by atomic mass is 10.2. The summed E-state index contributed by atoms with van der Waals surface area (Å²) in [5.74, 6) is 3.43. The standard InChI is InChI=1S/C23H20Si/c1-2-19-24(22-14-8-4-9-15-22,23-16-10-5-11-17-23)20-18-21-12-6-3-7-13-21/h2-17H,1,19H2. The topological polar surface area (TPSA) is 0 Å². The third kappa shape index (κ3) is 3.40. The third-order valence-electron chi connectivity index (χ3n) is 4.18. The van der Waals surface area contributed by atoms with Crippen molar-refractivity contribution in [3.8, 4) is 11.5 Å². The minimum absolute atomic E-state index is 0.904. The van der Waals surface area contributed by atoms with E-state index < -0.39 is 8.07 Å². The average molecular weight is 324 g/mol. The van der Waals surface area contributed by atoms with Crippen LogP contribution in [-0.2, 0) is 0 Å². The van der Waals surface area contributed by atoms with Gasteiger partial charge in [-0.1, -0.05) is 90.9 Å². The Labute approximate surface area is 145 Å². The van der Waals surface area contributed by atoms with Gasteiger partial charge in [0.1, 0.15) is 0 Å². The number of hydrogen-bond acceptors (Lipinski definition) is 0. The second-order valence-electron chi connectivity index (χ2n) is 5.75. The van der Waals surface area contributed by atoms with E-state index in [1.807, 2.05) is 24.3 Å². The van der Waals surface area contributed by atoms with Crippen molar-refractivity contribution in [3.05, 3.63) is 109 Å². The highest BCUT2D eigenvalue weighted by Crippen LogP contribution is 2.12. The smallest absolute Gasteiger partial charge is 0.114 e. The van der Waals surface area contributed by atoms with Gasteiger partial charge in [-0.3, -0.25) is 0 Å². The van der Waals surface area contributed by atoms with Gasteiger partial charge in [0.15, 0.2) is 0 Å². The summed E-state index contributed by atoms with van der Waals surface area (Å²) < 4.78 is 0. The van der Waals surface area contributed by atoms with Crippen LogP contribution in [0.25, 0.3) is 0 Å². The monoisotopic (exact) mass is 324 g/mol. The fraction of sp³-hybridized carbons (Fsp3) is 0.0435. The average Bonchev–Trinajstić information content (AvgIpc) is 2.67. The highest BCUT2D eigenvalue weighted by molar-refractivity contribution is 7.08. The fourth-order valence-electron chi connectivity index (χ4n) is 2.96. The zero-order valence-electron chi connectivity index (χ0n) is 13.7. The summed E-state index contributed by atoms with van der Waals surface area (Å²) in [6.45, 7) is 4.02. The second-order valence-corrected chi connectivity index (χ2v) is 9.37. The normalized spacial score (nSPS) is 10.5. The molecule has 0 unspecified atom stereocenters. The molecule has 24 heavy (non-hydrogen) atoms. The molecule has 0 aromatic heterocycles. The number of hydrogen-bond donors (Lipinski definition) is 0. The van der Waals surface area contributed by atoms with E-state index >= 15 is 0 Å². The number of allylic oxidation sites excluding steroid dienone is 1. The molecule has 0 saturated carbocycles. The van der Waals surface area contributed by atoms with Gasteiger partial charge in [0.2, 0.25) is 8.07 Å². The minimum atomic E-state index is -2.21. The molecule has 0 fully saturated rings. The maximum atomic E-state index is 4.02. The SMILES string of the molecule is C=CC[Si](C#Cc1ccccc1)(c1ccccc1)c1ccccc1. The quantitative estimate of drug-likeness (QED) is 0.386. The lowest BCUT2D eigenvalue weighted by molar-refractivity contribution is 1.59. The summed E-state index contributed by atoms with van der Waals surface area (Å²) in [5, 5.41) is 2.67. The zero-order chi connectivity index (χ0) is 16.7. The van der Waals surface area contributed by atoms with E-state index in [1.165, 1.54) is 10.4 Å². The largest absolute Gasteiger partial charge is 0.203 e. The van der Waals surface area contributed by atoms with Crippen LogP contribution < -0.4 is 10.4 Å². The van der Waals surface area contributed by atoms with Gasteiger partial charge in [-0.05, 0) is 28.6 Å². The van der Waals surface area contributed by atoms with Crippen molar-refractivity contribution in [1.82, 2.24) is 0 Å². The zero-order valence-corrected chi connectivity index (χ0v) is 14.7. The Morgan fingerprint density at radius 1 is 0.708 bits per heavy atom. The molecule has 0 aliphatic heterocycles. The molecule has 0 spiro atoms. The van der Waals surface area contributed by atoms with Crippen LogP contribution in [0.1, 0.15) is 5.56 Å². The summed E-state index contributed by atoms with van der Waals surface area (Å²) in [6.07, 6.45) is 2.02. The molecule has 0 saturated heterocycles. The predicted molar refractivity (Wildman–Crippen MR) is 106 cm³/mol. The van der Waals surface area contributed by atoms with Crippen molar-refractivity contribution in [2.24, 2.45) is 0 Å². The first kappa shape index (κ1) is 16.0. The van der Waals surface area contributed by atoms with Gasteiger partial charge in [0.25, 0.3) is 0 Å². The molecule has 0 heterocycles. The maximum Gasteiger partial charge on any atom is 0.203 e. The van der Waals surface area contributed by atoms with Crippen molar-refractivity contribution >= 4 is 18.4 Å². The summed E-state index contributed by atoms with van der Waals surface area (Å²) in [6, 6.07) is 32.5. The van der Waals surface area contributed by atoms with Crippen LogP contribution in [0.15, 0.2) is 104 Å². The summed E-state index contributed by atoms with van der Waals surface area (Å²) in [4.78, 5) is 0. The van der Waals surface area contributed by atoms with E-state index in [2.05, 4.69) is 90.8 Å². The maximum absolute atomic E-state index is 4.02. The fourth-order valence-corrected chi connectivity index (χ4v) is 6.47. The van der Waals surface area contributed by atoms with E-state index in [0.29, 0.717) is 0 Å². The Balaban J connectivity index is 2.20. The van der Waals surface area contributed by atoms with Crippen LogP contribution in [0.2, 0.25) is 6.04 Å². The van der Waals surface area contributed by atoms with Gasteiger partial charge >= 0.3 is 0 Å². The van der Waals surface area contributed by atoms with E-state index in [4.69, 9.17) is 0 Å². The van der Waals surface area contributed by atoms with Crippen molar-refractivity contribution in [2.45, 2.75) is 6.04 Å². The van der Waals surface area contributed by atoms with Gasteiger partial charge in [-0.2, -0.15) is 0 Å². The lowest BCUT2D eigenvalue weighted by Crippen LogP contribution is -2.57. The highest BCUT2D eigenvalue weighted by atomic mass is 28.3. The molecule has 116 valence electrons. The summed E-state index contributed by atoms with van der Waals surface area (Å²) in [7, 11) is -2.21. The van der Waals surface area contributed by atoms with Crippen LogP contribution in [0, 0.1) is 11.5 Å². The third-order valence-corrected chi connectivity index (χ3v) is 8.27. The van der Waals surface area contributed by atoms with Crippen LogP contribution in [0.3, 0.4) is 0 Å². The molecular formula is C23H20Si. The Kier molecular flexibility index (Phi) is 5.10. The number of benzene rings is 3. The van der Waals surface area contributed by atoms with Crippen LogP contribution in [-0.4, -0.2) is 8.07 Å². The summed E-state index contributed by atoms with van der Waals surface area (Å²) >= 11 is 0. The Bertz CT molecular complexity index is 801. The highest BCUT2D eigenvalue weighted by Gasteiger charge is 2.34. The molecule has 3 aromatic rings. The first-order chi connectivity index (χ1) is 11.8. The first-order valence-electron chi connectivity index (χ1n) is 8.15. The molecule has 1 heteroatoms. The number of rotatable bonds is 4. The van der Waals surface area contributed by atoms with Gasteiger partial charge < -0.3 is 0 Å². The lowest BCUT2D eigenvalue weighted by Gasteiger charge is -2.26. The van der Waals surface area contributed by atoms with Gasteiger partial charge in [-0.25, -0.2) is 0 Å². The molecule has 0 amide bonds. The molecule has 0 bridgehead atoms. The summed E-state index contributed by atoms with van der Waals surface area (Å²) in [5.41, 5.74) is 4.76.